The van der Waals surface area contributed by atoms with Crippen LogP contribution in [0.5, 0.6) is 0 Å². The largest absolute Gasteiger partial charge is 0.450 e. The number of piperidine rings is 1. The van der Waals surface area contributed by atoms with Gasteiger partial charge in [-0.2, -0.15) is 0 Å². The molecule has 0 saturated carbocycles. The van der Waals surface area contributed by atoms with Crippen LogP contribution in [0.1, 0.15) is 70.8 Å². The van der Waals surface area contributed by atoms with Gasteiger partial charge in [-0.1, -0.05) is 0 Å². The van der Waals surface area contributed by atoms with Gasteiger partial charge >= 0.3 is 6.09 Å². The maximum Gasteiger partial charge on any atom is 0.410 e. The molecule has 1 aromatic carbocycles. The highest BCUT2D eigenvalue weighted by molar-refractivity contribution is 5.95. The van der Waals surface area contributed by atoms with Crippen LogP contribution in [-0.4, -0.2) is 66.2 Å². The molecule has 6 nitrogen and oxygen atoms in total. The molecule has 3 fully saturated rings. The Morgan fingerprint density at radius 2 is 1.59 bits per heavy atom. The van der Waals surface area contributed by atoms with Gasteiger partial charge in [0.25, 0.3) is 0 Å². The Morgan fingerprint density at radius 3 is 2.15 bits per heavy atom. The number of hydrogen-bond donors (Lipinski definition) is 0. The van der Waals surface area contributed by atoms with Crippen molar-refractivity contribution in [1.29, 1.82) is 0 Å². The lowest BCUT2D eigenvalue weighted by atomic mass is 9.73. The summed E-state index contributed by atoms with van der Waals surface area (Å²) in [7, 11) is 0. The molecule has 8 heteroatoms. The van der Waals surface area contributed by atoms with Crippen LogP contribution in [-0.2, 0) is 14.9 Å². The van der Waals surface area contributed by atoms with Crippen LogP contribution in [0.25, 0.3) is 0 Å². The van der Waals surface area contributed by atoms with E-state index in [1.807, 2.05) is 11.8 Å². The van der Waals surface area contributed by atoms with Crippen molar-refractivity contribution in [3.63, 3.8) is 0 Å². The van der Waals surface area contributed by atoms with Crippen molar-refractivity contribution in [3.8, 4) is 0 Å². The number of ether oxygens (including phenoxy) is 1. The summed E-state index contributed by atoms with van der Waals surface area (Å²) in [6.07, 6.45) is 7.55. The van der Waals surface area contributed by atoms with Gasteiger partial charge in [0, 0.05) is 43.1 Å². The molecule has 4 aliphatic heterocycles. The third kappa shape index (κ3) is 3.97. The molecule has 1 aromatic rings. The highest BCUT2D eigenvalue weighted by Gasteiger charge is 2.48. The number of anilines is 1. The fourth-order valence-electron chi connectivity index (χ4n) is 7.03. The average Bonchev–Trinajstić information content (AvgIpc) is 3.36. The van der Waals surface area contributed by atoms with Gasteiger partial charge in [-0.3, -0.25) is 4.79 Å². The number of amides is 2. The van der Waals surface area contributed by atoms with Crippen molar-refractivity contribution in [3.05, 3.63) is 29.3 Å². The van der Waals surface area contributed by atoms with E-state index in [9.17, 15) is 18.4 Å². The zero-order valence-electron chi connectivity index (χ0n) is 20.2. The summed E-state index contributed by atoms with van der Waals surface area (Å²) >= 11 is 0. The fraction of sp³-hybridized carbons (Fsp3) is 0.692. The van der Waals surface area contributed by atoms with Crippen LogP contribution in [0, 0.1) is 11.6 Å². The SMILES string of the molecule is CCOC(=O)N1C2CCC(N3CCC4(CC3)CN(C(C)=O)c3c(F)cc(F)cc34)CCC1CC2. The van der Waals surface area contributed by atoms with E-state index in [-0.39, 0.29) is 35.2 Å². The van der Waals surface area contributed by atoms with Crippen molar-refractivity contribution in [2.24, 2.45) is 0 Å². The molecule has 2 unspecified atom stereocenters. The van der Waals surface area contributed by atoms with E-state index in [1.165, 1.54) is 17.9 Å². The molecule has 1 spiro atoms. The van der Waals surface area contributed by atoms with E-state index < -0.39 is 11.6 Å². The summed E-state index contributed by atoms with van der Waals surface area (Å²) in [6.45, 7) is 5.84. The number of likely N-dealkylation sites (tertiary alicyclic amines) is 1. The number of rotatable bonds is 2. The molecule has 5 rings (SSSR count). The molecule has 2 amide bonds. The summed E-state index contributed by atoms with van der Waals surface area (Å²) in [6, 6.07) is 3.30. The minimum absolute atomic E-state index is 0.164. The number of benzene rings is 1. The normalized spacial score (nSPS) is 28.5. The van der Waals surface area contributed by atoms with Gasteiger partial charge in [0.2, 0.25) is 5.91 Å². The van der Waals surface area contributed by atoms with Gasteiger partial charge in [0.15, 0.2) is 0 Å². The Balaban J connectivity index is 1.28. The molecule has 0 N–H and O–H groups in total. The molecular weight excluding hydrogens is 440 g/mol. The van der Waals surface area contributed by atoms with Crippen LogP contribution in [0.15, 0.2) is 12.1 Å². The number of nitrogens with zero attached hydrogens (tertiary/aromatic N) is 3. The topological polar surface area (TPSA) is 53.1 Å². The lowest BCUT2D eigenvalue weighted by molar-refractivity contribution is -0.116. The van der Waals surface area contributed by atoms with Crippen molar-refractivity contribution < 1.29 is 23.1 Å². The minimum atomic E-state index is -0.647. The molecule has 2 bridgehead atoms. The van der Waals surface area contributed by atoms with Crippen molar-refractivity contribution >= 4 is 17.7 Å². The summed E-state index contributed by atoms with van der Waals surface area (Å²) in [5, 5.41) is 0. The minimum Gasteiger partial charge on any atom is -0.450 e. The summed E-state index contributed by atoms with van der Waals surface area (Å²) in [5.41, 5.74) is 0.534. The first-order valence-electron chi connectivity index (χ1n) is 12.8. The van der Waals surface area contributed by atoms with Crippen LogP contribution in [0.4, 0.5) is 19.3 Å². The average molecular weight is 476 g/mol. The Labute approximate surface area is 200 Å². The molecule has 4 heterocycles. The van der Waals surface area contributed by atoms with E-state index >= 15 is 0 Å². The van der Waals surface area contributed by atoms with Crippen molar-refractivity contribution in [2.45, 2.75) is 88.8 Å². The van der Waals surface area contributed by atoms with Gasteiger partial charge in [-0.15, -0.1) is 0 Å². The number of carbonyl (C=O) groups is 2. The first kappa shape index (κ1) is 23.5. The molecule has 3 saturated heterocycles. The molecule has 34 heavy (non-hydrogen) atoms. The highest BCUT2D eigenvalue weighted by Crippen LogP contribution is 2.49. The van der Waals surface area contributed by atoms with Gasteiger partial charge in [0.1, 0.15) is 11.6 Å². The third-order valence-electron chi connectivity index (χ3n) is 8.75. The molecule has 0 aliphatic carbocycles. The maximum atomic E-state index is 14.7. The second kappa shape index (κ2) is 9.10. The smallest absolute Gasteiger partial charge is 0.410 e. The fourth-order valence-corrected chi connectivity index (χ4v) is 7.03. The molecule has 0 aromatic heterocycles. The van der Waals surface area contributed by atoms with E-state index in [0.29, 0.717) is 24.8 Å². The summed E-state index contributed by atoms with van der Waals surface area (Å²) in [4.78, 5) is 30.8. The Hall–Kier alpha value is -2.22. The van der Waals surface area contributed by atoms with E-state index in [0.717, 1.165) is 70.5 Å². The molecule has 2 atom stereocenters. The zero-order valence-corrected chi connectivity index (χ0v) is 20.2. The quantitative estimate of drug-likeness (QED) is 0.628. The van der Waals surface area contributed by atoms with Crippen molar-refractivity contribution in [1.82, 2.24) is 9.80 Å². The summed E-state index contributed by atoms with van der Waals surface area (Å²) < 4.78 is 34.2. The second-order valence-electron chi connectivity index (χ2n) is 10.5. The predicted molar refractivity (Wildman–Crippen MR) is 125 cm³/mol. The van der Waals surface area contributed by atoms with E-state index in [2.05, 4.69) is 4.90 Å². The van der Waals surface area contributed by atoms with Crippen LogP contribution in [0.3, 0.4) is 0 Å². The monoisotopic (exact) mass is 475 g/mol. The van der Waals surface area contributed by atoms with Gasteiger partial charge in [-0.05, 0) is 83.0 Å². The lowest BCUT2D eigenvalue weighted by Gasteiger charge is -2.44. The number of fused-ring (bicyclic) bond motifs is 4. The highest BCUT2D eigenvalue weighted by atomic mass is 19.1. The second-order valence-corrected chi connectivity index (χ2v) is 10.5. The van der Waals surface area contributed by atoms with Gasteiger partial charge in [-0.25, -0.2) is 13.6 Å². The summed E-state index contributed by atoms with van der Waals surface area (Å²) in [5.74, 6) is -1.43. The van der Waals surface area contributed by atoms with E-state index in [4.69, 9.17) is 4.74 Å². The Bertz CT molecular complexity index is 947. The molecule has 0 radical (unpaired) electrons. The lowest BCUT2D eigenvalue weighted by Crippen LogP contribution is -2.50. The van der Waals surface area contributed by atoms with Crippen LogP contribution < -0.4 is 4.90 Å². The first-order chi connectivity index (χ1) is 16.3. The number of hydrogen-bond acceptors (Lipinski definition) is 4. The molecular formula is C26H35F2N3O3. The van der Waals surface area contributed by atoms with Crippen LogP contribution in [0.2, 0.25) is 0 Å². The Kier molecular flexibility index (Phi) is 6.29. The van der Waals surface area contributed by atoms with Gasteiger partial charge < -0.3 is 19.4 Å². The predicted octanol–water partition coefficient (Wildman–Crippen LogP) is 4.60. The zero-order chi connectivity index (χ0) is 24.0. The number of carbonyl (C=O) groups excluding carboxylic acids is 2. The van der Waals surface area contributed by atoms with Crippen molar-refractivity contribution in [2.75, 3.05) is 31.1 Å². The van der Waals surface area contributed by atoms with Gasteiger partial charge in [0.05, 0.1) is 12.3 Å². The standard InChI is InChI=1S/C26H35F2N3O3/c1-3-34-25(33)31-20-6-4-19(5-7-21(31)9-8-20)29-12-10-26(11-13-29)16-30(17(2)32)24-22(26)14-18(27)15-23(24)28/h14-15,19-21H,3-13,16H2,1-2H3. The Morgan fingerprint density at radius 1 is 1.00 bits per heavy atom. The molecule has 4 aliphatic rings. The molecule has 186 valence electrons. The third-order valence-corrected chi connectivity index (χ3v) is 8.75. The number of halogens is 2. The van der Waals surface area contributed by atoms with Crippen LogP contribution >= 0.6 is 0 Å². The van der Waals surface area contributed by atoms with E-state index in [1.54, 1.807) is 0 Å². The maximum absolute atomic E-state index is 14.7. The first-order valence-corrected chi connectivity index (χ1v) is 12.8.